The molecule has 0 spiro atoms. The summed E-state index contributed by atoms with van der Waals surface area (Å²) in [6, 6.07) is 4.03. The Morgan fingerprint density at radius 2 is 1.93 bits per heavy atom. The van der Waals surface area contributed by atoms with Gasteiger partial charge in [-0.05, 0) is 44.9 Å². The maximum absolute atomic E-state index is 13.5. The highest BCUT2D eigenvalue weighted by Gasteiger charge is 2.34. The molecule has 10 heteroatoms. The molecule has 0 fully saturated rings. The van der Waals surface area contributed by atoms with Crippen molar-refractivity contribution in [3.63, 3.8) is 0 Å². The Labute approximate surface area is 192 Å². The number of hydrogen-bond donors (Lipinski definition) is 2. The molecule has 0 aliphatic heterocycles. The monoisotopic (exact) mass is 539 g/mol. The Balaban J connectivity index is 0.00000450. The molecule has 0 aliphatic rings. The van der Waals surface area contributed by atoms with Crippen molar-refractivity contribution in [1.29, 1.82) is 0 Å². The van der Waals surface area contributed by atoms with E-state index in [4.69, 9.17) is 4.74 Å². The SMILES string of the molecule is CN=C(NCCCn1ccnc1)NCc1ccc(OC(C)(C)C)cc1C(F)(F)F.I. The summed E-state index contributed by atoms with van der Waals surface area (Å²) in [5, 5.41) is 6.04. The Morgan fingerprint density at radius 3 is 2.50 bits per heavy atom. The van der Waals surface area contributed by atoms with Gasteiger partial charge < -0.3 is 19.9 Å². The van der Waals surface area contributed by atoms with Crippen LogP contribution in [0.4, 0.5) is 13.2 Å². The Hall–Kier alpha value is -1.98. The fraction of sp³-hybridized carbons (Fsp3) is 0.500. The van der Waals surface area contributed by atoms with Gasteiger partial charge in [0, 0.05) is 39.1 Å². The number of hydrogen-bond acceptors (Lipinski definition) is 3. The number of imidazole rings is 1. The van der Waals surface area contributed by atoms with Crippen molar-refractivity contribution in [2.75, 3.05) is 13.6 Å². The second-order valence-electron chi connectivity index (χ2n) is 7.54. The van der Waals surface area contributed by atoms with Crippen LogP contribution in [0.5, 0.6) is 5.75 Å². The number of aliphatic imine (C=N–C) groups is 1. The van der Waals surface area contributed by atoms with Gasteiger partial charge in [-0.3, -0.25) is 4.99 Å². The van der Waals surface area contributed by atoms with E-state index in [-0.39, 0.29) is 41.8 Å². The van der Waals surface area contributed by atoms with Crippen LogP contribution in [-0.2, 0) is 19.3 Å². The van der Waals surface area contributed by atoms with Crippen LogP contribution >= 0.6 is 24.0 Å². The third-order valence-electron chi connectivity index (χ3n) is 3.93. The molecule has 168 valence electrons. The van der Waals surface area contributed by atoms with E-state index in [0.29, 0.717) is 12.5 Å². The van der Waals surface area contributed by atoms with E-state index in [1.165, 1.54) is 6.07 Å². The maximum atomic E-state index is 13.5. The van der Waals surface area contributed by atoms with Gasteiger partial charge in [0.2, 0.25) is 0 Å². The first-order valence-corrected chi connectivity index (χ1v) is 9.38. The molecule has 2 N–H and O–H groups in total. The highest BCUT2D eigenvalue weighted by atomic mass is 127. The summed E-state index contributed by atoms with van der Waals surface area (Å²) < 4.78 is 48.1. The van der Waals surface area contributed by atoms with Crippen LogP contribution in [0.1, 0.15) is 38.3 Å². The molecule has 0 saturated carbocycles. The van der Waals surface area contributed by atoms with Crippen molar-refractivity contribution in [2.45, 2.75) is 52.1 Å². The molecular weight excluding hydrogens is 510 g/mol. The van der Waals surface area contributed by atoms with Crippen LogP contribution in [0, 0.1) is 0 Å². The Morgan fingerprint density at radius 1 is 1.20 bits per heavy atom. The third-order valence-corrected chi connectivity index (χ3v) is 3.93. The van der Waals surface area contributed by atoms with Gasteiger partial charge in [-0.2, -0.15) is 13.2 Å². The van der Waals surface area contributed by atoms with Crippen molar-refractivity contribution in [3.05, 3.63) is 48.0 Å². The Bertz CT molecular complexity index is 802. The number of benzene rings is 1. The zero-order valence-corrected chi connectivity index (χ0v) is 19.9. The van der Waals surface area contributed by atoms with Crippen LogP contribution in [-0.4, -0.2) is 34.7 Å². The van der Waals surface area contributed by atoms with E-state index < -0.39 is 17.3 Å². The number of aromatic nitrogens is 2. The summed E-state index contributed by atoms with van der Waals surface area (Å²) in [5.41, 5.74) is -1.17. The second-order valence-corrected chi connectivity index (χ2v) is 7.54. The van der Waals surface area contributed by atoms with Gasteiger partial charge in [-0.1, -0.05) is 6.07 Å². The molecule has 30 heavy (non-hydrogen) atoms. The van der Waals surface area contributed by atoms with Crippen LogP contribution in [0.3, 0.4) is 0 Å². The van der Waals surface area contributed by atoms with Gasteiger partial charge >= 0.3 is 6.18 Å². The minimum Gasteiger partial charge on any atom is -0.488 e. The van der Waals surface area contributed by atoms with E-state index in [0.717, 1.165) is 19.0 Å². The molecule has 1 aromatic heterocycles. The van der Waals surface area contributed by atoms with Crippen LogP contribution in [0.15, 0.2) is 41.9 Å². The standard InChI is InChI=1S/C20H28F3N5O.HI/c1-19(2,3)29-16-7-6-15(17(12-16)20(21,22)23)13-27-18(24-4)26-8-5-10-28-11-9-25-14-28;/h6-7,9,11-12,14H,5,8,10,13H2,1-4H3,(H2,24,26,27);1H. The number of aryl methyl sites for hydroxylation is 1. The number of halogens is 4. The highest BCUT2D eigenvalue weighted by Crippen LogP contribution is 2.35. The maximum Gasteiger partial charge on any atom is 0.416 e. The number of nitrogens with zero attached hydrogens (tertiary/aromatic N) is 3. The average Bonchev–Trinajstić information content (AvgIpc) is 3.13. The van der Waals surface area contributed by atoms with Crippen LogP contribution in [0.25, 0.3) is 0 Å². The van der Waals surface area contributed by atoms with Gasteiger partial charge in [0.15, 0.2) is 5.96 Å². The fourth-order valence-electron chi connectivity index (χ4n) is 2.68. The lowest BCUT2D eigenvalue weighted by Crippen LogP contribution is -2.38. The molecule has 1 heterocycles. The molecule has 0 aliphatic carbocycles. The minimum absolute atomic E-state index is 0. The molecule has 2 aromatic rings. The summed E-state index contributed by atoms with van der Waals surface area (Å²) in [4.78, 5) is 8.04. The number of alkyl halides is 3. The van der Waals surface area contributed by atoms with Gasteiger partial charge in [0.1, 0.15) is 11.4 Å². The smallest absolute Gasteiger partial charge is 0.416 e. The van der Waals surface area contributed by atoms with Gasteiger partial charge in [0.05, 0.1) is 11.9 Å². The van der Waals surface area contributed by atoms with Crippen molar-refractivity contribution >= 4 is 29.9 Å². The average molecular weight is 539 g/mol. The lowest BCUT2D eigenvalue weighted by molar-refractivity contribution is -0.138. The van der Waals surface area contributed by atoms with Gasteiger partial charge in [-0.25, -0.2) is 4.98 Å². The van der Waals surface area contributed by atoms with E-state index in [1.807, 2.05) is 10.8 Å². The van der Waals surface area contributed by atoms with Crippen LogP contribution < -0.4 is 15.4 Å². The summed E-state index contributed by atoms with van der Waals surface area (Å²) >= 11 is 0. The van der Waals surface area contributed by atoms with Gasteiger partial charge in [-0.15, -0.1) is 24.0 Å². The summed E-state index contributed by atoms with van der Waals surface area (Å²) in [6.07, 6.45) is 1.67. The molecule has 0 bridgehead atoms. The highest BCUT2D eigenvalue weighted by molar-refractivity contribution is 14.0. The fourth-order valence-corrected chi connectivity index (χ4v) is 2.68. The predicted molar refractivity (Wildman–Crippen MR) is 122 cm³/mol. The van der Waals surface area contributed by atoms with Crippen LogP contribution in [0.2, 0.25) is 0 Å². The summed E-state index contributed by atoms with van der Waals surface area (Å²) in [6.45, 7) is 6.78. The molecule has 0 radical (unpaired) electrons. The van der Waals surface area contributed by atoms with E-state index in [1.54, 1.807) is 46.4 Å². The first-order chi connectivity index (χ1) is 13.6. The minimum atomic E-state index is -4.48. The molecule has 0 atom stereocenters. The predicted octanol–water partition coefficient (Wildman–Crippen LogP) is 4.45. The molecular formula is C20H29F3IN5O. The quantitative estimate of drug-likeness (QED) is 0.236. The normalized spacial score (nSPS) is 12.3. The molecule has 1 aromatic carbocycles. The zero-order valence-electron chi connectivity index (χ0n) is 17.6. The second kappa shape index (κ2) is 11.4. The first-order valence-electron chi connectivity index (χ1n) is 9.38. The van der Waals surface area contributed by atoms with E-state index >= 15 is 0 Å². The largest absolute Gasteiger partial charge is 0.488 e. The van der Waals surface area contributed by atoms with Crippen molar-refractivity contribution in [2.24, 2.45) is 4.99 Å². The molecule has 0 unspecified atom stereocenters. The molecule has 0 saturated heterocycles. The summed E-state index contributed by atoms with van der Waals surface area (Å²) in [7, 11) is 1.58. The lowest BCUT2D eigenvalue weighted by Gasteiger charge is -2.23. The van der Waals surface area contributed by atoms with Gasteiger partial charge in [0.25, 0.3) is 0 Å². The summed E-state index contributed by atoms with van der Waals surface area (Å²) in [5.74, 6) is 0.634. The zero-order chi connectivity index (χ0) is 21.5. The van der Waals surface area contributed by atoms with E-state index in [2.05, 4.69) is 20.6 Å². The lowest BCUT2D eigenvalue weighted by atomic mass is 10.1. The number of rotatable bonds is 7. The number of guanidine groups is 1. The number of nitrogens with one attached hydrogen (secondary N) is 2. The van der Waals surface area contributed by atoms with Crippen molar-refractivity contribution in [3.8, 4) is 5.75 Å². The molecule has 0 amide bonds. The third kappa shape index (κ3) is 8.80. The molecule has 6 nitrogen and oxygen atoms in total. The molecule has 2 rings (SSSR count). The Kier molecular flexibility index (Phi) is 9.92. The first kappa shape index (κ1) is 26.1. The topological polar surface area (TPSA) is 63.5 Å². The van der Waals surface area contributed by atoms with Crippen molar-refractivity contribution in [1.82, 2.24) is 20.2 Å². The van der Waals surface area contributed by atoms with Crippen molar-refractivity contribution < 1.29 is 17.9 Å². The van der Waals surface area contributed by atoms with E-state index in [9.17, 15) is 13.2 Å². The number of ether oxygens (including phenoxy) is 1.